The molecule has 0 atom stereocenters. The second-order valence-corrected chi connectivity index (χ2v) is 11.0. The zero-order valence-corrected chi connectivity index (χ0v) is 23.9. The highest BCUT2D eigenvalue weighted by molar-refractivity contribution is 7.07. The van der Waals surface area contributed by atoms with Crippen LogP contribution in [0.2, 0.25) is 10.0 Å². The van der Waals surface area contributed by atoms with Gasteiger partial charge in [-0.05, 0) is 55.7 Å². The van der Waals surface area contributed by atoms with Crippen LogP contribution in [0.25, 0.3) is 11.3 Å². The zero-order chi connectivity index (χ0) is 26.8. The van der Waals surface area contributed by atoms with E-state index in [1.54, 1.807) is 10.7 Å². The number of thiazole rings is 1. The first-order chi connectivity index (χ1) is 18.4. The van der Waals surface area contributed by atoms with Gasteiger partial charge >= 0.3 is 0 Å². The van der Waals surface area contributed by atoms with Gasteiger partial charge in [0.2, 0.25) is 4.80 Å². The highest BCUT2D eigenvalue weighted by atomic mass is 35.5. The Balaban J connectivity index is 1.71. The van der Waals surface area contributed by atoms with Gasteiger partial charge in [-0.2, -0.15) is 5.10 Å². The van der Waals surface area contributed by atoms with Gasteiger partial charge in [0.15, 0.2) is 5.71 Å². The summed E-state index contributed by atoms with van der Waals surface area (Å²) in [5.41, 5.74) is 6.85. The number of amides is 1. The van der Waals surface area contributed by atoms with Crippen LogP contribution >= 0.6 is 34.5 Å². The molecule has 4 aromatic rings. The standard InChI is InChI=1S/C30H28Cl2N4OS/c1-4-5-8-16-35-26-13-7-6-11-22(26)28(29(35)37)34-36-27(21-14-15-23(31)24(32)17-21)18-38-30(36)33-25-12-9-10-19(2)20(25)3/h6-7,9-15,17-18H,4-5,8,16H2,1-3H3/b33-30?,34-28+. The third-order valence-corrected chi connectivity index (χ3v) is 8.33. The van der Waals surface area contributed by atoms with Crippen LogP contribution in [-0.2, 0) is 4.79 Å². The molecule has 0 spiro atoms. The minimum Gasteiger partial charge on any atom is -0.306 e. The molecule has 8 heteroatoms. The maximum Gasteiger partial charge on any atom is 0.279 e. The van der Waals surface area contributed by atoms with Crippen molar-refractivity contribution in [3.05, 3.63) is 97.6 Å². The number of aryl methyl sites for hydroxylation is 1. The van der Waals surface area contributed by atoms with Crippen LogP contribution in [0, 0.1) is 13.8 Å². The number of hydrogen-bond donors (Lipinski definition) is 0. The summed E-state index contributed by atoms with van der Waals surface area (Å²) in [6.07, 6.45) is 3.10. The molecule has 0 saturated heterocycles. The summed E-state index contributed by atoms with van der Waals surface area (Å²) >= 11 is 14.0. The highest BCUT2D eigenvalue weighted by Gasteiger charge is 2.34. The Morgan fingerprint density at radius 3 is 2.55 bits per heavy atom. The van der Waals surface area contributed by atoms with E-state index < -0.39 is 0 Å². The van der Waals surface area contributed by atoms with Crippen LogP contribution in [0.15, 0.2) is 76.1 Å². The molecule has 0 saturated carbocycles. The van der Waals surface area contributed by atoms with Gasteiger partial charge in [-0.25, -0.2) is 9.67 Å². The van der Waals surface area contributed by atoms with Crippen molar-refractivity contribution < 1.29 is 4.79 Å². The predicted octanol–water partition coefficient (Wildman–Crippen LogP) is 8.16. The van der Waals surface area contributed by atoms with Gasteiger partial charge in [0, 0.05) is 23.1 Å². The number of rotatable bonds is 7. The number of anilines is 1. The summed E-state index contributed by atoms with van der Waals surface area (Å²) in [7, 11) is 0. The maximum absolute atomic E-state index is 13.7. The van der Waals surface area contributed by atoms with E-state index in [0.717, 1.165) is 58.6 Å². The highest BCUT2D eigenvalue weighted by Crippen LogP contribution is 2.32. The summed E-state index contributed by atoms with van der Waals surface area (Å²) in [6, 6.07) is 19.4. The number of halogens is 2. The van der Waals surface area contributed by atoms with Crippen molar-refractivity contribution in [1.29, 1.82) is 0 Å². The van der Waals surface area contributed by atoms with Gasteiger partial charge in [-0.1, -0.05) is 79.4 Å². The Bertz CT molecular complexity index is 1620. The number of unbranched alkanes of at least 4 members (excludes halogenated alkanes) is 2. The van der Waals surface area contributed by atoms with Crippen molar-refractivity contribution >= 4 is 57.5 Å². The largest absolute Gasteiger partial charge is 0.306 e. The molecular weight excluding hydrogens is 535 g/mol. The molecule has 1 amide bonds. The first kappa shape index (κ1) is 26.4. The molecule has 5 nitrogen and oxygen atoms in total. The fourth-order valence-electron chi connectivity index (χ4n) is 4.49. The molecule has 1 aliphatic rings. The van der Waals surface area contributed by atoms with E-state index in [0.29, 0.717) is 27.1 Å². The molecular formula is C30H28Cl2N4OS. The maximum atomic E-state index is 13.7. The molecule has 5 rings (SSSR count). The van der Waals surface area contributed by atoms with Crippen molar-refractivity contribution in [2.45, 2.75) is 40.0 Å². The summed E-state index contributed by atoms with van der Waals surface area (Å²) in [5.74, 6) is -0.0984. The summed E-state index contributed by atoms with van der Waals surface area (Å²) in [5, 5.41) is 7.89. The van der Waals surface area contributed by atoms with Crippen molar-refractivity contribution in [3.8, 4) is 11.3 Å². The molecule has 194 valence electrons. The van der Waals surface area contributed by atoms with Gasteiger partial charge in [-0.3, -0.25) is 4.79 Å². The average Bonchev–Trinajstić information content (AvgIpc) is 3.42. The minimum absolute atomic E-state index is 0.0984. The van der Waals surface area contributed by atoms with Crippen LogP contribution < -0.4 is 9.70 Å². The van der Waals surface area contributed by atoms with Crippen LogP contribution in [0.5, 0.6) is 0 Å². The third-order valence-electron chi connectivity index (χ3n) is 6.78. The zero-order valence-electron chi connectivity index (χ0n) is 21.5. The molecule has 0 N–H and O–H groups in total. The molecule has 0 bridgehead atoms. The second kappa shape index (κ2) is 11.3. The monoisotopic (exact) mass is 562 g/mol. The normalized spacial score (nSPS) is 14.6. The Labute approximate surface area is 236 Å². The molecule has 2 heterocycles. The van der Waals surface area contributed by atoms with E-state index >= 15 is 0 Å². The van der Waals surface area contributed by atoms with E-state index in [4.69, 9.17) is 33.3 Å². The van der Waals surface area contributed by atoms with E-state index in [2.05, 4.69) is 26.8 Å². The van der Waals surface area contributed by atoms with Gasteiger partial charge < -0.3 is 4.90 Å². The van der Waals surface area contributed by atoms with Crippen molar-refractivity contribution in [2.24, 2.45) is 10.1 Å². The topological polar surface area (TPSA) is 50.0 Å². The molecule has 1 aromatic heterocycles. The lowest BCUT2D eigenvalue weighted by Gasteiger charge is -2.16. The third kappa shape index (κ3) is 5.08. The van der Waals surface area contributed by atoms with Crippen LogP contribution in [0.1, 0.15) is 42.9 Å². The lowest BCUT2D eigenvalue weighted by atomic mass is 10.1. The van der Waals surface area contributed by atoms with Gasteiger partial charge in [-0.15, -0.1) is 11.3 Å². The number of hydrogen-bond acceptors (Lipinski definition) is 4. The predicted molar refractivity (Wildman–Crippen MR) is 159 cm³/mol. The Kier molecular flexibility index (Phi) is 7.84. The van der Waals surface area contributed by atoms with E-state index in [1.807, 2.05) is 58.8 Å². The SMILES string of the molecule is CCCCCN1C(=O)/C(=N/n2c(-c3ccc(Cl)c(Cl)c3)csc2=Nc2cccc(C)c2C)c2ccccc21. The molecule has 0 unspecified atom stereocenters. The van der Waals surface area contributed by atoms with Crippen LogP contribution in [0.4, 0.5) is 11.4 Å². The molecule has 0 radical (unpaired) electrons. The van der Waals surface area contributed by atoms with Crippen LogP contribution in [-0.4, -0.2) is 22.8 Å². The molecule has 1 aliphatic heterocycles. The van der Waals surface area contributed by atoms with Crippen molar-refractivity contribution in [3.63, 3.8) is 0 Å². The summed E-state index contributed by atoms with van der Waals surface area (Å²) < 4.78 is 1.76. The van der Waals surface area contributed by atoms with Gasteiger partial charge in [0.25, 0.3) is 5.91 Å². The number of fused-ring (bicyclic) bond motifs is 1. The number of para-hydroxylation sites is 1. The minimum atomic E-state index is -0.0984. The van der Waals surface area contributed by atoms with E-state index in [1.165, 1.54) is 11.3 Å². The number of nitrogens with zero attached hydrogens (tertiary/aromatic N) is 4. The Hall–Kier alpha value is -3.19. The first-order valence-corrected chi connectivity index (χ1v) is 14.3. The molecule has 0 fully saturated rings. The number of carbonyl (C=O) groups excluding carboxylic acids is 1. The lowest BCUT2D eigenvalue weighted by Crippen LogP contribution is -2.31. The quantitative estimate of drug-likeness (QED) is 0.209. The van der Waals surface area contributed by atoms with Crippen molar-refractivity contribution in [1.82, 2.24) is 4.68 Å². The lowest BCUT2D eigenvalue weighted by molar-refractivity contribution is -0.112. The second-order valence-electron chi connectivity index (χ2n) is 9.30. The average molecular weight is 564 g/mol. The van der Waals surface area contributed by atoms with Gasteiger partial charge in [0.1, 0.15) is 0 Å². The molecule has 0 aliphatic carbocycles. The van der Waals surface area contributed by atoms with E-state index in [-0.39, 0.29) is 5.91 Å². The Morgan fingerprint density at radius 1 is 0.947 bits per heavy atom. The smallest absolute Gasteiger partial charge is 0.279 e. The number of benzene rings is 3. The number of aromatic nitrogens is 1. The molecule has 38 heavy (non-hydrogen) atoms. The van der Waals surface area contributed by atoms with Crippen LogP contribution in [0.3, 0.4) is 0 Å². The number of carbonyl (C=O) groups is 1. The fourth-order valence-corrected chi connectivity index (χ4v) is 5.63. The van der Waals surface area contributed by atoms with Crippen molar-refractivity contribution in [2.75, 3.05) is 11.4 Å². The summed E-state index contributed by atoms with van der Waals surface area (Å²) in [6.45, 7) is 6.95. The Morgan fingerprint density at radius 2 is 1.76 bits per heavy atom. The summed E-state index contributed by atoms with van der Waals surface area (Å²) in [4.78, 5) is 21.2. The van der Waals surface area contributed by atoms with Gasteiger partial charge in [0.05, 0.1) is 27.1 Å². The first-order valence-electron chi connectivity index (χ1n) is 12.7. The molecule has 3 aromatic carbocycles. The van der Waals surface area contributed by atoms with E-state index in [9.17, 15) is 4.79 Å². The fraction of sp³-hybridized carbons (Fsp3) is 0.233.